The first-order valence-corrected chi connectivity index (χ1v) is 9.80. The van der Waals surface area contributed by atoms with E-state index in [1.807, 2.05) is 42.6 Å². The van der Waals surface area contributed by atoms with E-state index >= 15 is 0 Å². The number of hydrogen-bond acceptors (Lipinski definition) is 5. The van der Waals surface area contributed by atoms with Gasteiger partial charge in [-0.05, 0) is 41.8 Å². The number of nitro benzene ring substituents is 1. The lowest BCUT2D eigenvalue weighted by molar-refractivity contribution is -0.384. The van der Waals surface area contributed by atoms with Crippen LogP contribution in [0.5, 0.6) is 11.5 Å². The Balaban J connectivity index is 1.49. The van der Waals surface area contributed by atoms with Crippen molar-refractivity contribution in [2.45, 2.75) is 19.5 Å². The van der Waals surface area contributed by atoms with Crippen molar-refractivity contribution >= 4 is 28.9 Å². The third-order valence-corrected chi connectivity index (χ3v) is 5.36. The van der Waals surface area contributed by atoms with E-state index in [0.717, 1.165) is 31.7 Å². The summed E-state index contributed by atoms with van der Waals surface area (Å²) in [5, 5.41) is 11.1. The molecule has 0 amide bonds. The van der Waals surface area contributed by atoms with Gasteiger partial charge in [0, 0.05) is 38.0 Å². The lowest BCUT2D eigenvalue weighted by atomic mass is 9.99. The number of aromatic nitrogens is 1. The lowest BCUT2D eigenvalue weighted by Crippen LogP contribution is -2.30. The molecule has 0 atom stereocenters. The molecule has 0 N–H and O–H groups in total. The van der Waals surface area contributed by atoms with E-state index in [1.165, 1.54) is 23.3 Å². The standard InChI is InChI=1S/C21H17Cl2N3O3/c22-19-10-17(26(27)28)11-20(23)21(19)29-18-5-4-15-12-25(8-6-14(15)9-18)13-16-3-1-2-7-24-16/h1-5,7,9-11H,6,8,12-13H2. The summed E-state index contributed by atoms with van der Waals surface area (Å²) in [7, 11) is 0. The minimum atomic E-state index is -0.544. The second-order valence-electron chi connectivity index (χ2n) is 6.81. The molecule has 2 heterocycles. The quantitative estimate of drug-likeness (QED) is 0.387. The smallest absolute Gasteiger partial charge is 0.272 e. The van der Waals surface area contributed by atoms with Crippen LogP contribution in [0.1, 0.15) is 16.8 Å². The monoisotopic (exact) mass is 429 g/mol. The van der Waals surface area contributed by atoms with Crippen molar-refractivity contribution in [1.29, 1.82) is 0 Å². The number of nitrogens with zero attached hydrogens (tertiary/aromatic N) is 3. The Hall–Kier alpha value is -2.67. The molecule has 6 nitrogen and oxygen atoms in total. The van der Waals surface area contributed by atoms with Crippen LogP contribution in [0.3, 0.4) is 0 Å². The molecule has 1 aliphatic rings. The Morgan fingerprint density at radius 2 is 1.90 bits per heavy atom. The van der Waals surface area contributed by atoms with Gasteiger partial charge < -0.3 is 4.74 Å². The van der Waals surface area contributed by atoms with Gasteiger partial charge in [-0.1, -0.05) is 35.3 Å². The van der Waals surface area contributed by atoms with E-state index in [-0.39, 0.29) is 21.5 Å². The van der Waals surface area contributed by atoms with Gasteiger partial charge in [-0.3, -0.25) is 20.0 Å². The predicted octanol–water partition coefficient (Wildman–Crippen LogP) is 5.65. The minimum Gasteiger partial charge on any atom is -0.454 e. The molecule has 0 unspecified atom stereocenters. The Morgan fingerprint density at radius 3 is 2.59 bits per heavy atom. The number of pyridine rings is 1. The highest BCUT2D eigenvalue weighted by molar-refractivity contribution is 6.37. The van der Waals surface area contributed by atoms with Crippen LogP contribution in [0.25, 0.3) is 0 Å². The first kappa shape index (κ1) is 19.6. The first-order valence-electron chi connectivity index (χ1n) is 9.05. The number of hydrogen-bond donors (Lipinski definition) is 0. The maximum atomic E-state index is 10.9. The van der Waals surface area contributed by atoms with Crippen molar-refractivity contribution < 1.29 is 9.66 Å². The third kappa shape index (κ3) is 4.50. The number of fused-ring (bicyclic) bond motifs is 1. The molecule has 0 saturated heterocycles. The number of ether oxygens (including phenoxy) is 1. The summed E-state index contributed by atoms with van der Waals surface area (Å²) in [6.45, 7) is 2.57. The van der Waals surface area contributed by atoms with Gasteiger partial charge >= 0.3 is 0 Å². The van der Waals surface area contributed by atoms with E-state index in [9.17, 15) is 10.1 Å². The van der Waals surface area contributed by atoms with E-state index < -0.39 is 4.92 Å². The molecule has 148 valence electrons. The molecule has 0 radical (unpaired) electrons. The minimum absolute atomic E-state index is 0.100. The molecular weight excluding hydrogens is 413 g/mol. The van der Waals surface area contributed by atoms with Crippen molar-refractivity contribution in [3.05, 3.63) is 91.7 Å². The average Bonchev–Trinajstić information content (AvgIpc) is 2.71. The largest absolute Gasteiger partial charge is 0.454 e. The molecule has 1 aliphatic heterocycles. The van der Waals surface area contributed by atoms with Crippen LogP contribution in [0.4, 0.5) is 5.69 Å². The summed E-state index contributed by atoms with van der Waals surface area (Å²) in [5.41, 5.74) is 3.32. The molecule has 0 aliphatic carbocycles. The van der Waals surface area contributed by atoms with Crippen molar-refractivity contribution in [1.82, 2.24) is 9.88 Å². The molecule has 8 heteroatoms. The van der Waals surface area contributed by atoms with Gasteiger partial charge in [0.15, 0.2) is 5.75 Å². The highest BCUT2D eigenvalue weighted by Crippen LogP contribution is 2.40. The van der Waals surface area contributed by atoms with Gasteiger partial charge in [0.05, 0.1) is 20.7 Å². The SMILES string of the molecule is O=[N+]([O-])c1cc(Cl)c(Oc2ccc3c(c2)CCN(Cc2ccccn2)C3)c(Cl)c1. The van der Waals surface area contributed by atoms with E-state index in [4.69, 9.17) is 27.9 Å². The molecule has 2 aromatic carbocycles. The molecule has 0 saturated carbocycles. The number of rotatable bonds is 5. The van der Waals surface area contributed by atoms with Crippen molar-refractivity contribution in [3.8, 4) is 11.5 Å². The summed E-state index contributed by atoms with van der Waals surface area (Å²) in [6, 6.07) is 14.3. The van der Waals surface area contributed by atoms with E-state index in [2.05, 4.69) is 9.88 Å². The second-order valence-corrected chi connectivity index (χ2v) is 7.62. The van der Waals surface area contributed by atoms with Crippen LogP contribution in [-0.2, 0) is 19.5 Å². The fourth-order valence-corrected chi connectivity index (χ4v) is 3.93. The van der Waals surface area contributed by atoms with Gasteiger partial charge in [-0.25, -0.2) is 0 Å². The fraction of sp³-hybridized carbons (Fsp3) is 0.190. The van der Waals surface area contributed by atoms with Crippen molar-refractivity contribution in [2.75, 3.05) is 6.54 Å². The number of halogens is 2. The number of benzene rings is 2. The summed E-state index contributed by atoms with van der Waals surface area (Å²) in [4.78, 5) is 17.1. The molecular formula is C21H17Cl2N3O3. The second kappa shape index (κ2) is 8.37. The van der Waals surface area contributed by atoms with Crippen LogP contribution in [0.15, 0.2) is 54.7 Å². The van der Waals surface area contributed by atoms with Gasteiger partial charge in [0.2, 0.25) is 0 Å². The Labute approximate surface area is 177 Å². The molecule has 29 heavy (non-hydrogen) atoms. The van der Waals surface area contributed by atoms with Crippen molar-refractivity contribution in [3.63, 3.8) is 0 Å². The fourth-order valence-electron chi connectivity index (χ4n) is 3.37. The molecule has 0 spiro atoms. The molecule has 1 aromatic heterocycles. The van der Waals surface area contributed by atoms with Gasteiger partial charge in [-0.15, -0.1) is 0 Å². The van der Waals surface area contributed by atoms with Crippen LogP contribution in [0.2, 0.25) is 10.0 Å². The van der Waals surface area contributed by atoms with E-state index in [1.54, 1.807) is 0 Å². The van der Waals surface area contributed by atoms with Gasteiger partial charge in [0.25, 0.3) is 5.69 Å². The maximum Gasteiger partial charge on any atom is 0.272 e. The summed E-state index contributed by atoms with van der Waals surface area (Å²) >= 11 is 12.3. The van der Waals surface area contributed by atoms with Gasteiger partial charge in [-0.2, -0.15) is 0 Å². The molecule has 3 aromatic rings. The Kier molecular flexibility index (Phi) is 5.67. The van der Waals surface area contributed by atoms with E-state index in [0.29, 0.717) is 5.75 Å². The highest BCUT2D eigenvalue weighted by Gasteiger charge is 2.19. The Bertz CT molecular complexity index is 1040. The first-order chi connectivity index (χ1) is 14.0. The van der Waals surface area contributed by atoms with Crippen molar-refractivity contribution in [2.24, 2.45) is 0 Å². The average molecular weight is 430 g/mol. The van der Waals surface area contributed by atoms with Crippen LogP contribution in [0, 0.1) is 10.1 Å². The lowest BCUT2D eigenvalue weighted by Gasteiger charge is -2.28. The summed E-state index contributed by atoms with van der Waals surface area (Å²) < 4.78 is 5.85. The maximum absolute atomic E-state index is 10.9. The number of non-ortho nitro benzene ring substituents is 1. The summed E-state index contributed by atoms with van der Waals surface area (Å²) in [6.07, 6.45) is 2.70. The Morgan fingerprint density at radius 1 is 1.10 bits per heavy atom. The molecule has 4 rings (SSSR count). The zero-order valence-electron chi connectivity index (χ0n) is 15.3. The van der Waals surface area contributed by atoms with Gasteiger partial charge in [0.1, 0.15) is 5.75 Å². The zero-order valence-corrected chi connectivity index (χ0v) is 16.9. The molecule has 0 bridgehead atoms. The summed E-state index contributed by atoms with van der Waals surface area (Å²) in [5.74, 6) is 0.811. The zero-order chi connectivity index (χ0) is 20.4. The van der Waals surface area contributed by atoms with Crippen LogP contribution < -0.4 is 4.74 Å². The normalized spacial score (nSPS) is 13.7. The molecule has 0 fully saturated rings. The highest BCUT2D eigenvalue weighted by atomic mass is 35.5. The van der Waals surface area contributed by atoms with Crippen LogP contribution in [-0.4, -0.2) is 21.4 Å². The topological polar surface area (TPSA) is 68.5 Å². The van der Waals surface area contributed by atoms with Crippen LogP contribution >= 0.6 is 23.2 Å². The third-order valence-electron chi connectivity index (χ3n) is 4.79. The number of nitro groups is 1. The predicted molar refractivity (Wildman–Crippen MR) is 112 cm³/mol.